The fourth-order valence-electron chi connectivity index (χ4n) is 1.75. The lowest BCUT2D eigenvalue weighted by Crippen LogP contribution is -2.49. The van der Waals surface area contributed by atoms with Gasteiger partial charge in [0.25, 0.3) is 0 Å². The van der Waals surface area contributed by atoms with E-state index in [0.717, 1.165) is 5.67 Å². The van der Waals surface area contributed by atoms with Crippen molar-refractivity contribution in [2.24, 2.45) is 0 Å². The van der Waals surface area contributed by atoms with Crippen molar-refractivity contribution in [2.45, 2.75) is 44.9 Å². The molecule has 6 heteroatoms. The Morgan fingerprint density at radius 3 is 1.54 bits per heavy atom. The summed E-state index contributed by atoms with van der Waals surface area (Å²) in [6.45, 7) is 11.5. The second-order valence-corrected chi connectivity index (χ2v) is 17.6. The van der Waals surface area contributed by atoms with Crippen molar-refractivity contribution >= 4 is 25.2 Å². The molecule has 0 aromatic rings. The molecule has 0 aliphatic rings. The van der Waals surface area contributed by atoms with Gasteiger partial charge in [-0.3, -0.25) is 0 Å². The average Bonchev–Trinajstić information content (AvgIpc) is 1.43. The van der Waals surface area contributed by atoms with E-state index >= 15 is 0 Å². The van der Waals surface area contributed by atoms with Gasteiger partial charge in [0, 0.05) is 0 Å². The molecule has 0 saturated carbocycles. The predicted octanol–water partition coefficient (Wildman–Crippen LogP) is 1.64. The molecule has 0 aliphatic heterocycles. The van der Waals surface area contributed by atoms with Gasteiger partial charge in [-0.05, 0) is 44.9 Å². The smallest absolute Gasteiger partial charge is 0.318 e. The quantitative estimate of drug-likeness (QED) is 0.732. The van der Waals surface area contributed by atoms with Crippen LogP contribution in [0.4, 0.5) is 0 Å². The van der Waals surface area contributed by atoms with E-state index in [4.69, 9.17) is 4.12 Å². The lowest BCUT2D eigenvalue weighted by atomic mass is 11.8. The van der Waals surface area contributed by atoms with Crippen LogP contribution in [0.15, 0.2) is 0 Å². The standard InChI is InChI=1S/C7H22O3Si3/c1-11(2,8)7-12(3,4)10-13(5,6)9/h8-9H,7H2,1-6H3. The van der Waals surface area contributed by atoms with E-state index in [1.54, 1.807) is 13.1 Å². The van der Waals surface area contributed by atoms with Gasteiger partial charge in [-0.15, -0.1) is 0 Å². The third-order valence-corrected chi connectivity index (χ3v) is 12.5. The second kappa shape index (κ2) is 3.95. The van der Waals surface area contributed by atoms with Gasteiger partial charge < -0.3 is 13.7 Å². The van der Waals surface area contributed by atoms with Crippen LogP contribution in [-0.4, -0.2) is 34.8 Å². The van der Waals surface area contributed by atoms with Crippen LogP contribution in [0.3, 0.4) is 0 Å². The summed E-state index contributed by atoms with van der Waals surface area (Å²) in [4.78, 5) is 19.4. The Kier molecular flexibility index (Phi) is 4.11. The van der Waals surface area contributed by atoms with Crippen LogP contribution in [0.1, 0.15) is 0 Å². The molecule has 80 valence electrons. The summed E-state index contributed by atoms with van der Waals surface area (Å²) in [6.07, 6.45) is 0. The van der Waals surface area contributed by atoms with Crippen LogP contribution in [0, 0.1) is 0 Å². The molecule has 0 rings (SSSR count). The molecule has 0 fully saturated rings. The first-order valence-electron chi connectivity index (χ1n) is 4.56. The van der Waals surface area contributed by atoms with Gasteiger partial charge in [0.1, 0.15) is 0 Å². The summed E-state index contributed by atoms with van der Waals surface area (Å²) in [6, 6.07) is 0. The maximum Gasteiger partial charge on any atom is 0.318 e. The van der Waals surface area contributed by atoms with Crippen LogP contribution < -0.4 is 0 Å². The summed E-state index contributed by atoms with van der Waals surface area (Å²) in [5.74, 6) is 0. The molecule has 2 N–H and O–H groups in total. The topological polar surface area (TPSA) is 49.7 Å². The summed E-state index contributed by atoms with van der Waals surface area (Å²) in [5.41, 5.74) is 0.789. The van der Waals surface area contributed by atoms with Crippen LogP contribution in [0.25, 0.3) is 0 Å². The molecule has 0 saturated heterocycles. The molecule has 0 amide bonds. The Morgan fingerprint density at radius 2 is 1.31 bits per heavy atom. The first-order valence-corrected chi connectivity index (χ1v) is 13.7. The molecule has 0 heterocycles. The molecule has 0 bridgehead atoms. The molecular formula is C7H22O3Si3. The zero-order valence-corrected chi connectivity index (χ0v) is 12.5. The Bertz CT molecular complexity index is 151. The van der Waals surface area contributed by atoms with E-state index in [-0.39, 0.29) is 0 Å². The Labute approximate surface area is 84.3 Å². The maximum atomic E-state index is 9.78. The van der Waals surface area contributed by atoms with Gasteiger partial charge in [0.05, 0.1) is 0 Å². The second-order valence-electron chi connectivity index (χ2n) is 5.30. The minimum atomic E-state index is -2.42. The van der Waals surface area contributed by atoms with Gasteiger partial charge in [0.15, 0.2) is 16.6 Å². The van der Waals surface area contributed by atoms with Crippen molar-refractivity contribution in [1.82, 2.24) is 0 Å². The Morgan fingerprint density at radius 1 is 0.923 bits per heavy atom. The number of rotatable bonds is 4. The summed E-state index contributed by atoms with van der Waals surface area (Å²) in [5, 5.41) is 0. The van der Waals surface area contributed by atoms with Gasteiger partial charge in [-0.2, -0.15) is 0 Å². The Balaban J connectivity index is 4.25. The molecule has 0 spiro atoms. The molecule has 0 unspecified atom stereocenters. The maximum absolute atomic E-state index is 9.78. The fourth-order valence-corrected chi connectivity index (χ4v) is 16.4. The molecule has 0 aliphatic carbocycles. The highest BCUT2D eigenvalue weighted by Crippen LogP contribution is 2.21. The third kappa shape index (κ3) is 8.85. The zero-order chi connectivity index (χ0) is 10.9. The van der Waals surface area contributed by atoms with E-state index in [9.17, 15) is 9.59 Å². The largest absolute Gasteiger partial charge is 0.436 e. The molecule has 13 heavy (non-hydrogen) atoms. The van der Waals surface area contributed by atoms with E-state index < -0.39 is 25.2 Å². The van der Waals surface area contributed by atoms with Crippen LogP contribution in [-0.2, 0) is 4.12 Å². The van der Waals surface area contributed by atoms with Gasteiger partial charge >= 0.3 is 8.56 Å². The van der Waals surface area contributed by atoms with Crippen LogP contribution in [0.2, 0.25) is 44.9 Å². The van der Waals surface area contributed by atoms with E-state index in [1.807, 2.05) is 13.1 Å². The van der Waals surface area contributed by atoms with Crippen molar-refractivity contribution < 1.29 is 13.7 Å². The number of hydrogen-bond acceptors (Lipinski definition) is 3. The lowest BCUT2D eigenvalue weighted by Gasteiger charge is -2.32. The first kappa shape index (κ1) is 13.5. The zero-order valence-electron chi connectivity index (χ0n) is 9.51. The highest BCUT2D eigenvalue weighted by molar-refractivity contribution is 6.92. The lowest BCUT2D eigenvalue weighted by molar-refractivity contribution is 0.386. The summed E-state index contributed by atoms with van der Waals surface area (Å²) < 4.78 is 5.71. The third-order valence-electron chi connectivity index (χ3n) is 1.38. The molecule has 0 aromatic carbocycles. The van der Waals surface area contributed by atoms with Crippen molar-refractivity contribution in [3.8, 4) is 0 Å². The Hall–Kier alpha value is 0.531. The first-order chi connectivity index (χ1) is 5.41. The number of hydrogen-bond donors (Lipinski definition) is 2. The van der Waals surface area contributed by atoms with Gasteiger partial charge in [-0.25, -0.2) is 0 Å². The molecule has 0 atom stereocenters. The van der Waals surface area contributed by atoms with Crippen molar-refractivity contribution in [3.63, 3.8) is 0 Å². The molecule has 0 aromatic heterocycles. The van der Waals surface area contributed by atoms with Crippen molar-refractivity contribution in [3.05, 3.63) is 0 Å². The van der Waals surface area contributed by atoms with E-state index in [0.29, 0.717) is 0 Å². The van der Waals surface area contributed by atoms with Gasteiger partial charge in [0.2, 0.25) is 0 Å². The molecule has 0 radical (unpaired) electrons. The van der Waals surface area contributed by atoms with Crippen molar-refractivity contribution in [2.75, 3.05) is 0 Å². The van der Waals surface area contributed by atoms with Crippen molar-refractivity contribution in [1.29, 1.82) is 0 Å². The normalized spacial score (nSPS) is 14.8. The minimum Gasteiger partial charge on any atom is -0.436 e. The summed E-state index contributed by atoms with van der Waals surface area (Å²) in [7, 11) is -6.31. The molecular weight excluding hydrogens is 216 g/mol. The predicted molar refractivity (Wildman–Crippen MR) is 62.8 cm³/mol. The SMILES string of the molecule is C[Si](C)(O)C[Si](C)(C)O[Si](C)(C)O. The van der Waals surface area contributed by atoms with Crippen LogP contribution in [0.5, 0.6) is 0 Å². The fraction of sp³-hybridized carbons (Fsp3) is 1.00. The van der Waals surface area contributed by atoms with Gasteiger partial charge in [-0.1, -0.05) is 0 Å². The average molecular weight is 239 g/mol. The van der Waals surface area contributed by atoms with Crippen LogP contribution >= 0.6 is 0 Å². The highest BCUT2D eigenvalue weighted by atomic mass is 28.5. The molecule has 3 nitrogen and oxygen atoms in total. The van der Waals surface area contributed by atoms with E-state index in [1.165, 1.54) is 0 Å². The minimum absolute atomic E-state index is 0.789. The highest BCUT2D eigenvalue weighted by Gasteiger charge is 2.37. The van der Waals surface area contributed by atoms with E-state index in [2.05, 4.69) is 13.1 Å². The summed E-state index contributed by atoms with van der Waals surface area (Å²) >= 11 is 0. The monoisotopic (exact) mass is 238 g/mol.